The highest BCUT2D eigenvalue weighted by Crippen LogP contribution is 2.22. The van der Waals surface area contributed by atoms with E-state index in [2.05, 4.69) is 10.6 Å². The number of carbonyl (C=O) groups is 1. The maximum absolute atomic E-state index is 12.5. The van der Waals surface area contributed by atoms with Gasteiger partial charge >= 0.3 is 0 Å². The van der Waals surface area contributed by atoms with Gasteiger partial charge in [-0.2, -0.15) is 5.26 Å². The van der Waals surface area contributed by atoms with Gasteiger partial charge in [-0.05, 0) is 17.5 Å². The molecule has 0 unspecified atom stereocenters. The molecule has 0 saturated heterocycles. The first kappa shape index (κ1) is 17.3. The lowest BCUT2D eigenvalue weighted by molar-refractivity contribution is -0.117. The molecule has 0 aliphatic carbocycles. The molecule has 0 radical (unpaired) electrons. The Hall–Kier alpha value is -3.06. The molecule has 2 aromatic carbocycles. The molecule has 0 aromatic heterocycles. The zero-order chi connectivity index (χ0) is 17.2. The SMILES string of the molecule is CCCN/C=C(/C#N)C(=O)NC(c1ccccc1)c1ccccc1. The molecule has 4 heteroatoms. The van der Waals surface area contributed by atoms with Gasteiger partial charge in [0.05, 0.1) is 6.04 Å². The summed E-state index contributed by atoms with van der Waals surface area (Å²) in [6.07, 6.45) is 2.40. The number of benzene rings is 2. The molecule has 0 saturated carbocycles. The highest BCUT2D eigenvalue weighted by molar-refractivity contribution is 5.97. The standard InChI is InChI=1S/C20H21N3O/c1-2-13-22-15-18(14-21)20(24)23-19(16-9-5-3-6-10-16)17-11-7-4-8-12-17/h3-12,15,19,22H,2,13H2,1H3,(H,23,24)/b18-15-. The molecule has 2 aromatic rings. The quantitative estimate of drug-likeness (QED) is 0.467. The molecule has 2 rings (SSSR count). The van der Waals surface area contributed by atoms with Crippen molar-refractivity contribution in [2.75, 3.05) is 6.54 Å². The summed E-state index contributed by atoms with van der Waals surface area (Å²) in [5.41, 5.74) is 2.01. The van der Waals surface area contributed by atoms with Gasteiger partial charge in [0.15, 0.2) is 0 Å². The van der Waals surface area contributed by atoms with Crippen LogP contribution in [-0.2, 0) is 4.79 Å². The van der Waals surface area contributed by atoms with Crippen molar-refractivity contribution in [3.8, 4) is 6.07 Å². The van der Waals surface area contributed by atoms with Crippen LogP contribution < -0.4 is 10.6 Å². The minimum Gasteiger partial charge on any atom is -0.390 e. The van der Waals surface area contributed by atoms with Crippen LogP contribution in [0.25, 0.3) is 0 Å². The number of hydrogen-bond donors (Lipinski definition) is 2. The molecule has 0 aliphatic rings. The number of hydrogen-bond acceptors (Lipinski definition) is 3. The molecule has 0 spiro atoms. The Kier molecular flexibility index (Phi) is 6.60. The minimum atomic E-state index is -0.390. The molecule has 0 atom stereocenters. The van der Waals surface area contributed by atoms with Gasteiger partial charge in [-0.3, -0.25) is 4.79 Å². The van der Waals surface area contributed by atoms with Crippen molar-refractivity contribution in [3.63, 3.8) is 0 Å². The minimum absolute atomic E-state index is 0.0697. The van der Waals surface area contributed by atoms with Crippen LogP contribution in [-0.4, -0.2) is 12.5 Å². The van der Waals surface area contributed by atoms with Crippen molar-refractivity contribution < 1.29 is 4.79 Å². The van der Waals surface area contributed by atoms with Crippen molar-refractivity contribution in [1.82, 2.24) is 10.6 Å². The van der Waals surface area contributed by atoms with Crippen LogP contribution >= 0.6 is 0 Å². The summed E-state index contributed by atoms with van der Waals surface area (Å²) in [5.74, 6) is -0.390. The van der Waals surface area contributed by atoms with E-state index in [1.807, 2.05) is 73.7 Å². The maximum Gasteiger partial charge on any atom is 0.264 e. The van der Waals surface area contributed by atoms with Crippen LogP contribution in [0.2, 0.25) is 0 Å². The van der Waals surface area contributed by atoms with Crippen LogP contribution in [0, 0.1) is 11.3 Å². The van der Waals surface area contributed by atoms with Crippen LogP contribution in [0.4, 0.5) is 0 Å². The molecule has 0 heterocycles. The number of nitrogens with one attached hydrogen (secondary N) is 2. The van der Waals surface area contributed by atoms with E-state index in [0.29, 0.717) is 0 Å². The van der Waals surface area contributed by atoms with Crippen LogP contribution in [0.1, 0.15) is 30.5 Å². The molecule has 1 amide bonds. The fourth-order valence-electron chi connectivity index (χ4n) is 2.33. The second-order valence-electron chi connectivity index (χ2n) is 5.35. The van der Waals surface area contributed by atoms with Crippen LogP contribution in [0.5, 0.6) is 0 Å². The predicted octanol–water partition coefficient (Wildman–Crippen LogP) is 3.30. The van der Waals surface area contributed by atoms with E-state index in [1.165, 1.54) is 6.20 Å². The Labute approximate surface area is 142 Å². The largest absolute Gasteiger partial charge is 0.390 e. The van der Waals surface area contributed by atoms with E-state index < -0.39 is 0 Å². The molecule has 0 aliphatic heterocycles. The zero-order valence-corrected chi connectivity index (χ0v) is 13.7. The normalized spacial score (nSPS) is 11.0. The topological polar surface area (TPSA) is 64.9 Å². The van der Waals surface area contributed by atoms with Crippen LogP contribution in [0.15, 0.2) is 72.4 Å². The summed E-state index contributed by atoms with van der Waals surface area (Å²) in [7, 11) is 0. The Morgan fingerprint density at radius 1 is 1.08 bits per heavy atom. The van der Waals surface area contributed by atoms with Gasteiger partial charge in [-0.15, -0.1) is 0 Å². The number of carbonyl (C=O) groups excluding carboxylic acids is 1. The number of nitriles is 1. The summed E-state index contributed by atoms with van der Waals surface area (Å²) >= 11 is 0. The summed E-state index contributed by atoms with van der Waals surface area (Å²) in [5, 5.41) is 15.2. The van der Waals surface area contributed by atoms with Gasteiger partial charge in [0.2, 0.25) is 0 Å². The number of amides is 1. The highest BCUT2D eigenvalue weighted by atomic mass is 16.1. The fraction of sp³-hybridized carbons (Fsp3) is 0.200. The smallest absolute Gasteiger partial charge is 0.264 e. The molecule has 24 heavy (non-hydrogen) atoms. The van der Waals surface area contributed by atoms with Crippen molar-refractivity contribution in [1.29, 1.82) is 5.26 Å². The van der Waals surface area contributed by atoms with Crippen molar-refractivity contribution in [2.24, 2.45) is 0 Å². The Balaban J connectivity index is 2.24. The molecular formula is C20H21N3O. The predicted molar refractivity (Wildman–Crippen MR) is 94.9 cm³/mol. The van der Waals surface area contributed by atoms with E-state index in [0.717, 1.165) is 24.1 Å². The van der Waals surface area contributed by atoms with E-state index in [9.17, 15) is 10.1 Å². The third kappa shape index (κ3) is 4.72. The molecule has 0 bridgehead atoms. The van der Waals surface area contributed by atoms with Crippen molar-refractivity contribution in [3.05, 3.63) is 83.6 Å². The maximum atomic E-state index is 12.5. The van der Waals surface area contributed by atoms with E-state index in [-0.39, 0.29) is 17.5 Å². The third-order valence-electron chi connectivity index (χ3n) is 3.55. The Morgan fingerprint density at radius 3 is 2.08 bits per heavy atom. The summed E-state index contributed by atoms with van der Waals surface area (Å²) < 4.78 is 0. The van der Waals surface area contributed by atoms with E-state index in [4.69, 9.17) is 0 Å². The lowest BCUT2D eigenvalue weighted by Gasteiger charge is -2.19. The average molecular weight is 319 g/mol. The Bertz CT molecular complexity index is 678. The first-order chi connectivity index (χ1) is 11.8. The summed E-state index contributed by atoms with van der Waals surface area (Å²) in [6, 6.07) is 21.1. The second-order valence-corrected chi connectivity index (χ2v) is 5.35. The highest BCUT2D eigenvalue weighted by Gasteiger charge is 2.18. The second kappa shape index (κ2) is 9.16. The zero-order valence-electron chi connectivity index (χ0n) is 13.7. The Morgan fingerprint density at radius 2 is 1.62 bits per heavy atom. The molecule has 122 valence electrons. The van der Waals surface area contributed by atoms with Gasteiger partial charge in [0.1, 0.15) is 11.6 Å². The van der Waals surface area contributed by atoms with Gasteiger partial charge in [0.25, 0.3) is 5.91 Å². The van der Waals surface area contributed by atoms with Crippen LogP contribution in [0.3, 0.4) is 0 Å². The lowest BCUT2D eigenvalue weighted by atomic mass is 9.98. The van der Waals surface area contributed by atoms with Gasteiger partial charge < -0.3 is 10.6 Å². The molecule has 2 N–H and O–H groups in total. The van der Waals surface area contributed by atoms with Crippen molar-refractivity contribution in [2.45, 2.75) is 19.4 Å². The first-order valence-corrected chi connectivity index (χ1v) is 8.00. The van der Waals surface area contributed by atoms with Gasteiger partial charge in [-0.25, -0.2) is 0 Å². The first-order valence-electron chi connectivity index (χ1n) is 8.00. The molecule has 4 nitrogen and oxygen atoms in total. The van der Waals surface area contributed by atoms with Crippen molar-refractivity contribution >= 4 is 5.91 Å². The number of rotatable bonds is 7. The van der Waals surface area contributed by atoms with Gasteiger partial charge in [-0.1, -0.05) is 67.6 Å². The fourth-order valence-corrected chi connectivity index (χ4v) is 2.33. The molecule has 0 fully saturated rings. The molecular weight excluding hydrogens is 298 g/mol. The lowest BCUT2D eigenvalue weighted by Crippen LogP contribution is -2.30. The van der Waals surface area contributed by atoms with E-state index in [1.54, 1.807) is 0 Å². The van der Waals surface area contributed by atoms with E-state index >= 15 is 0 Å². The average Bonchev–Trinajstić information content (AvgIpc) is 2.64. The third-order valence-corrected chi connectivity index (χ3v) is 3.55. The summed E-state index contributed by atoms with van der Waals surface area (Å²) in [6.45, 7) is 2.74. The monoisotopic (exact) mass is 319 g/mol. The van der Waals surface area contributed by atoms with Gasteiger partial charge in [0, 0.05) is 12.7 Å². The number of nitrogens with zero attached hydrogens (tertiary/aromatic N) is 1. The summed E-state index contributed by atoms with van der Waals surface area (Å²) in [4.78, 5) is 12.5.